The fourth-order valence-corrected chi connectivity index (χ4v) is 7.13. The van der Waals surface area contributed by atoms with E-state index in [9.17, 15) is 0 Å². The van der Waals surface area contributed by atoms with Gasteiger partial charge >= 0.3 is 0 Å². The molecule has 0 spiro atoms. The highest BCUT2D eigenvalue weighted by Crippen LogP contribution is 2.49. The molecule has 7 aromatic rings. The number of benzene rings is 5. The van der Waals surface area contributed by atoms with Crippen LogP contribution >= 0.6 is 0 Å². The van der Waals surface area contributed by atoms with E-state index in [4.69, 9.17) is 9.98 Å². The van der Waals surface area contributed by atoms with Crippen LogP contribution in [0.4, 0.5) is 0 Å². The van der Waals surface area contributed by atoms with E-state index >= 15 is 0 Å². The van der Waals surface area contributed by atoms with Crippen LogP contribution in [0.5, 0.6) is 0 Å². The average Bonchev–Trinajstić information content (AvgIpc) is 3.47. The van der Waals surface area contributed by atoms with Gasteiger partial charge in [0, 0.05) is 39.0 Å². The van der Waals surface area contributed by atoms with Gasteiger partial charge in [0.05, 0.1) is 22.2 Å². The molecular weight excluding hydrogens is 512 g/mol. The van der Waals surface area contributed by atoms with Crippen molar-refractivity contribution in [1.29, 1.82) is 0 Å². The lowest BCUT2D eigenvalue weighted by Crippen LogP contribution is -2.39. The number of nitrogens with zero attached hydrogens (tertiary/aromatic N) is 3. The van der Waals surface area contributed by atoms with Gasteiger partial charge in [0.15, 0.2) is 0 Å². The van der Waals surface area contributed by atoms with Crippen molar-refractivity contribution in [1.82, 2.24) is 14.9 Å². The van der Waals surface area contributed by atoms with Crippen LogP contribution in [0.1, 0.15) is 36.6 Å². The molecule has 1 aliphatic carbocycles. The van der Waals surface area contributed by atoms with Crippen LogP contribution in [-0.4, -0.2) is 15.4 Å². The van der Waals surface area contributed by atoms with Crippen molar-refractivity contribution < 1.29 is 0 Å². The maximum Gasteiger partial charge on any atom is 0.141 e. The molecule has 1 N–H and O–H groups in total. The summed E-state index contributed by atoms with van der Waals surface area (Å²) < 4.78 is 2.38. The van der Waals surface area contributed by atoms with Gasteiger partial charge in [-0.15, -0.1) is 0 Å². The van der Waals surface area contributed by atoms with E-state index in [0.29, 0.717) is 0 Å². The summed E-state index contributed by atoms with van der Waals surface area (Å²) in [4.78, 5) is 10.3. The number of nitrogens with one attached hydrogen (secondary N) is 1. The van der Waals surface area contributed by atoms with Crippen molar-refractivity contribution in [3.63, 3.8) is 0 Å². The van der Waals surface area contributed by atoms with Gasteiger partial charge in [-0.3, -0.25) is 9.55 Å². The van der Waals surface area contributed by atoms with E-state index in [0.717, 1.165) is 39.0 Å². The van der Waals surface area contributed by atoms with Crippen LogP contribution < -0.4 is 5.32 Å². The van der Waals surface area contributed by atoms with Crippen LogP contribution in [0.25, 0.3) is 49.2 Å². The molecule has 0 amide bonds. The lowest BCUT2D eigenvalue weighted by Gasteiger charge is -2.33. The highest BCUT2D eigenvalue weighted by molar-refractivity contribution is 6.19. The van der Waals surface area contributed by atoms with E-state index < -0.39 is 0 Å². The second-order valence-electron chi connectivity index (χ2n) is 12.0. The van der Waals surface area contributed by atoms with Crippen LogP contribution in [0.3, 0.4) is 0 Å². The molecule has 42 heavy (non-hydrogen) atoms. The molecule has 2 aliphatic rings. The highest BCUT2D eigenvalue weighted by atomic mass is 15.2. The molecule has 2 aromatic heterocycles. The van der Waals surface area contributed by atoms with Crippen molar-refractivity contribution in [3.05, 3.63) is 144 Å². The van der Waals surface area contributed by atoms with Gasteiger partial charge in [-0.2, -0.15) is 0 Å². The molecular formula is C38H28N4. The maximum atomic E-state index is 5.62. The monoisotopic (exact) mass is 540 g/mol. The Kier molecular flexibility index (Phi) is 4.70. The Morgan fingerprint density at radius 1 is 0.690 bits per heavy atom. The van der Waals surface area contributed by atoms with Gasteiger partial charge in [0.1, 0.15) is 11.9 Å². The number of aliphatic imine (C=N–C) groups is 1. The largest absolute Gasteiger partial charge is 0.372 e. The first-order chi connectivity index (χ1) is 20.6. The summed E-state index contributed by atoms with van der Waals surface area (Å²) in [7, 11) is 0. The molecule has 0 fully saturated rings. The normalized spacial score (nSPS) is 17.5. The molecule has 0 saturated heterocycles. The molecule has 5 aromatic carbocycles. The molecule has 4 heteroatoms. The van der Waals surface area contributed by atoms with E-state index in [1.54, 1.807) is 0 Å². The zero-order valence-electron chi connectivity index (χ0n) is 23.5. The number of aromatic nitrogens is 2. The first-order valence-electron chi connectivity index (χ1n) is 14.5. The second kappa shape index (κ2) is 8.40. The number of pyridine rings is 1. The summed E-state index contributed by atoms with van der Waals surface area (Å²) in [5.41, 5.74) is 8.97. The number of para-hydroxylation sites is 1. The predicted molar refractivity (Wildman–Crippen MR) is 174 cm³/mol. The minimum absolute atomic E-state index is 0.172. The maximum absolute atomic E-state index is 5.62. The Labute approximate surface area is 243 Å². The third-order valence-electron chi connectivity index (χ3n) is 9.22. The molecule has 9 rings (SSSR count). The third-order valence-corrected chi connectivity index (χ3v) is 9.22. The number of fused-ring (bicyclic) bond motifs is 7. The summed E-state index contributed by atoms with van der Waals surface area (Å²) in [6, 6.07) is 41.2. The van der Waals surface area contributed by atoms with Crippen molar-refractivity contribution in [2.24, 2.45) is 4.99 Å². The predicted octanol–water partition coefficient (Wildman–Crippen LogP) is 8.75. The quantitative estimate of drug-likeness (QED) is 0.226. The number of hydrogen-bond donors (Lipinski definition) is 1. The molecule has 1 atom stereocenters. The Balaban J connectivity index is 1.38. The Hall–Kier alpha value is -5.22. The van der Waals surface area contributed by atoms with Crippen LogP contribution in [0.15, 0.2) is 132 Å². The topological polar surface area (TPSA) is 42.2 Å². The first kappa shape index (κ1) is 23.5. The summed E-state index contributed by atoms with van der Waals surface area (Å²) in [6.45, 7) is 4.60. The van der Waals surface area contributed by atoms with E-state index in [2.05, 4.69) is 133 Å². The van der Waals surface area contributed by atoms with Crippen molar-refractivity contribution in [2.45, 2.75) is 25.3 Å². The smallest absolute Gasteiger partial charge is 0.141 e. The molecule has 1 aliphatic heterocycles. The third kappa shape index (κ3) is 3.18. The second-order valence-corrected chi connectivity index (χ2v) is 12.0. The van der Waals surface area contributed by atoms with Crippen molar-refractivity contribution in [2.75, 3.05) is 0 Å². The molecule has 4 nitrogen and oxygen atoms in total. The van der Waals surface area contributed by atoms with Crippen molar-refractivity contribution >= 4 is 55.0 Å². The lowest BCUT2D eigenvalue weighted by molar-refractivity contribution is 0.551. The fraction of sp³-hybridized carbons (Fsp3) is 0.105. The lowest BCUT2D eigenvalue weighted by atomic mass is 9.84. The van der Waals surface area contributed by atoms with Gasteiger partial charge in [-0.1, -0.05) is 98.8 Å². The molecule has 0 bridgehead atoms. The highest BCUT2D eigenvalue weighted by Gasteiger charge is 2.43. The SMILES string of the molecule is CC1(C)C2=C(N=C(n3c4ccccc4c4cc5ccccc5cc43)C(c3ccc4cccnc4c3)N2)c2ccccc21. The van der Waals surface area contributed by atoms with Crippen LogP contribution in [0.2, 0.25) is 0 Å². The molecule has 200 valence electrons. The minimum Gasteiger partial charge on any atom is -0.372 e. The Bertz CT molecular complexity index is 2320. The zero-order chi connectivity index (χ0) is 28.0. The molecule has 1 unspecified atom stereocenters. The standard InChI is InChI=1S/C38H28N4/c1-38(2)30-15-7-5-14-28(30)35-36(38)40-34(26-18-17-23-12-9-19-39-31(23)21-26)37(41-35)42-32-16-8-6-13-27(32)29-20-24-10-3-4-11-25(24)22-33(29)42/h3-22,34,40H,1-2H3. The molecule has 3 heterocycles. The Morgan fingerprint density at radius 2 is 1.45 bits per heavy atom. The number of allylic oxidation sites excluding steroid dienone is 1. The molecule has 0 radical (unpaired) electrons. The summed E-state index contributed by atoms with van der Waals surface area (Å²) >= 11 is 0. The van der Waals surface area contributed by atoms with Gasteiger partial charge in [-0.05, 0) is 52.2 Å². The fourth-order valence-electron chi connectivity index (χ4n) is 7.13. The number of hydrogen-bond acceptors (Lipinski definition) is 3. The minimum atomic E-state index is -0.189. The van der Waals surface area contributed by atoms with Gasteiger partial charge in [0.25, 0.3) is 0 Å². The van der Waals surface area contributed by atoms with Crippen LogP contribution in [-0.2, 0) is 5.41 Å². The van der Waals surface area contributed by atoms with Gasteiger partial charge in [0.2, 0.25) is 0 Å². The Morgan fingerprint density at radius 3 is 2.36 bits per heavy atom. The van der Waals surface area contributed by atoms with Gasteiger partial charge in [-0.25, -0.2) is 4.99 Å². The zero-order valence-corrected chi connectivity index (χ0v) is 23.5. The summed E-state index contributed by atoms with van der Waals surface area (Å²) in [5, 5.41) is 10.1. The van der Waals surface area contributed by atoms with Crippen LogP contribution in [0, 0.1) is 0 Å². The van der Waals surface area contributed by atoms with Crippen molar-refractivity contribution in [3.8, 4) is 0 Å². The summed E-state index contributed by atoms with van der Waals surface area (Å²) in [6.07, 6.45) is 1.87. The first-order valence-corrected chi connectivity index (χ1v) is 14.5. The van der Waals surface area contributed by atoms with E-state index in [1.807, 2.05) is 12.3 Å². The van der Waals surface area contributed by atoms with E-state index in [1.165, 1.54) is 38.4 Å². The van der Waals surface area contributed by atoms with E-state index in [-0.39, 0.29) is 11.5 Å². The van der Waals surface area contributed by atoms with Gasteiger partial charge < -0.3 is 5.32 Å². The number of rotatable bonds is 1. The summed E-state index contributed by atoms with van der Waals surface area (Å²) in [5.74, 6) is 0.970. The average molecular weight is 541 g/mol. The molecule has 0 saturated carbocycles.